The van der Waals surface area contributed by atoms with E-state index in [9.17, 15) is 0 Å². The van der Waals surface area contributed by atoms with Crippen LogP contribution < -0.4 is 11.1 Å². The third kappa shape index (κ3) is 3.43. The van der Waals surface area contributed by atoms with Gasteiger partial charge in [0.25, 0.3) is 0 Å². The molecule has 2 rings (SSSR count). The molecule has 0 saturated heterocycles. The maximum atomic E-state index is 5.91. The fraction of sp³-hybridized carbons (Fsp3) is 0.643. The maximum absolute atomic E-state index is 5.91. The van der Waals surface area contributed by atoms with E-state index >= 15 is 0 Å². The van der Waals surface area contributed by atoms with E-state index in [1.165, 1.54) is 30.4 Å². The molecule has 1 heterocycles. The summed E-state index contributed by atoms with van der Waals surface area (Å²) in [5.74, 6) is 1.59. The van der Waals surface area contributed by atoms with E-state index in [1.807, 2.05) is 6.20 Å². The van der Waals surface area contributed by atoms with Crippen LogP contribution in [0.2, 0.25) is 0 Å². The smallest absolute Gasteiger partial charge is 0.126 e. The van der Waals surface area contributed by atoms with Gasteiger partial charge in [0.05, 0.1) is 0 Å². The maximum Gasteiger partial charge on any atom is 0.126 e. The molecule has 1 aromatic heterocycles. The van der Waals surface area contributed by atoms with E-state index in [2.05, 4.69) is 30.2 Å². The minimum Gasteiger partial charge on any atom is -0.383 e. The molecule has 3 heteroatoms. The zero-order valence-electron chi connectivity index (χ0n) is 10.9. The third-order valence-electron chi connectivity index (χ3n) is 3.52. The number of aryl methyl sites for hydroxylation is 2. The highest BCUT2D eigenvalue weighted by Gasteiger charge is 2.30. The summed E-state index contributed by atoms with van der Waals surface area (Å²) in [6.07, 6.45) is 6.82. The molecule has 3 nitrogen and oxygen atoms in total. The highest BCUT2D eigenvalue weighted by atomic mass is 14.9. The zero-order valence-corrected chi connectivity index (χ0v) is 10.9. The Morgan fingerprint density at radius 2 is 2.29 bits per heavy atom. The molecule has 1 aromatic rings. The van der Waals surface area contributed by atoms with E-state index in [1.54, 1.807) is 0 Å². The fourth-order valence-corrected chi connectivity index (χ4v) is 2.42. The first-order chi connectivity index (χ1) is 8.20. The molecule has 0 spiro atoms. The Bertz CT molecular complexity index is 372. The standard InChI is InChI=1S/C14H23N3/c1-3-16-13(11-4-5-11)7-6-12-8-10(2)9-17-14(12)15/h8-9,11,13,16H,3-7H2,1-2H3,(H2,15,17). The summed E-state index contributed by atoms with van der Waals surface area (Å²) in [6.45, 7) is 5.30. The molecule has 0 bridgehead atoms. The van der Waals surface area contributed by atoms with Gasteiger partial charge in [0.15, 0.2) is 0 Å². The number of hydrogen-bond acceptors (Lipinski definition) is 3. The number of nitrogen functional groups attached to an aromatic ring is 1. The Labute approximate surface area is 104 Å². The molecule has 3 N–H and O–H groups in total. The van der Waals surface area contributed by atoms with Crippen molar-refractivity contribution in [3.8, 4) is 0 Å². The van der Waals surface area contributed by atoms with Gasteiger partial charge in [-0.15, -0.1) is 0 Å². The topological polar surface area (TPSA) is 50.9 Å². The molecule has 1 aliphatic carbocycles. The van der Waals surface area contributed by atoms with Crippen molar-refractivity contribution < 1.29 is 0 Å². The lowest BCUT2D eigenvalue weighted by Gasteiger charge is -2.17. The molecular formula is C14H23N3. The third-order valence-corrected chi connectivity index (χ3v) is 3.52. The molecular weight excluding hydrogens is 210 g/mol. The van der Waals surface area contributed by atoms with Gasteiger partial charge in [0.2, 0.25) is 0 Å². The Balaban J connectivity index is 1.93. The molecule has 17 heavy (non-hydrogen) atoms. The quantitative estimate of drug-likeness (QED) is 0.792. The number of nitrogens with zero attached hydrogens (tertiary/aromatic N) is 1. The fourth-order valence-electron chi connectivity index (χ4n) is 2.42. The predicted octanol–water partition coefficient (Wildman–Crippen LogP) is 2.29. The SMILES string of the molecule is CCNC(CCc1cc(C)cnc1N)C1CC1. The molecule has 0 radical (unpaired) electrons. The minimum absolute atomic E-state index is 0.667. The summed E-state index contributed by atoms with van der Waals surface area (Å²) in [5, 5.41) is 3.59. The Morgan fingerprint density at radius 1 is 1.53 bits per heavy atom. The second kappa shape index (κ2) is 5.50. The molecule has 0 aromatic carbocycles. The van der Waals surface area contributed by atoms with E-state index < -0.39 is 0 Å². The van der Waals surface area contributed by atoms with Crippen molar-refractivity contribution in [2.24, 2.45) is 5.92 Å². The Hall–Kier alpha value is -1.09. The molecule has 0 aliphatic heterocycles. The average molecular weight is 233 g/mol. The Morgan fingerprint density at radius 3 is 2.94 bits per heavy atom. The van der Waals surface area contributed by atoms with Crippen LogP contribution in [-0.2, 0) is 6.42 Å². The van der Waals surface area contributed by atoms with Gasteiger partial charge in [-0.3, -0.25) is 0 Å². The molecule has 1 aliphatic rings. The molecule has 94 valence electrons. The monoisotopic (exact) mass is 233 g/mol. The molecule has 1 unspecified atom stereocenters. The lowest BCUT2D eigenvalue weighted by atomic mass is 10.0. The van der Waals surface area contributed by atoms with Crippen molar-refractivity contribution in [3.05, 3.63) is 23.4 Å². The number of anilines is 1. The number of hydrogen-bond donors (Lipinski definition) is 2. The minimum atomic E-state index is 0.667. The van der Waals surface area contributed by atoms with Crippen molar-refractivity contribution in [1.29, 1.82) is 0 Å². The average Bonchev–Trinajstić information content (AvgIpc) is 3.12. The molecule has 0 amide bonds. The van der Waals surface area contributed by atoms with Crippen molar-refractivity contribution >= 4 is 5.82 Å². The van der Waals surface area contributed by atoms with Crippen molar-refractivity contribution in [2.45, 2.75) is 45.6 Å². The largest absolute Gasteiger partial charge is 0.383 e. The van der Waals surface area contributed by atoms with Crippen molar-refractivity contribution in [3.63, 3.8) is 0 Å². The number of nitrogens with one attached hydrogen (secondary N) is 1. The van der Waals surface area contributed by atoms with Crippen LogP contribution in [-0.4, -0.2) is 17.6 Å². The normalized spacial score (nSPS) is 17.1. The summed E-state index contributed by atoms with van der Waals surface area (Å²) >= 11 is 0. The van der Waals surface area contributed by atoms with Gasteiger partial charge >= 0.3 is 0 Å². The van der Waals surface area contributed by atoms with Crippen LogP contribution in [0.15, 0.2) is 12.3 Å². The van der Waals surface area contributed by atoms with Crippen LogP contribution in [0.5, 0.6) is 0 Å². The van der Waals surface area contributed by atoms with Crippen LogP contribution in [0.25, 0.3) is 0 Å². The molecule has 1 saturated carbocycles. The predicted molar refractivity (Wildman–Crippen MR) is 71.9 cm³/mol. The summed E-state index contributed by atoms with van der Waals surface area (Å²) in [6, 6.07) is 2.83. The second-order valence-electron chi connectivity index (χ2n) is 5.10. The summed E-state index contributed by atoms with van der Waals surface area (Å²) in [4.78, 5) is 4.22. The lowest BCUT2D eigenvalue weighted by Crippen LogP contribution is -2.31. The van der Waals surface area contributed by atoms with E-state index in [0.717, 1.165) is 18.9 Å². The first-order valence-electron chi connectivity index (χ1n) is 6.65. The van der Waals surface area contributed by atoms with Crippen LogP contribution in [0.4, 0.5) is 5.82 Å². The van der Waals surface area contributed by atoms with Crippen LogP contribution in [0, 0.1) is 12.8 Å². The molecule has 1 atom stereocenters. The van der Waals surface area contributed by atoms with Gasteiger partial charge < -0.3 is 11.1 Å². The highest BCUT2D eigenvalue weighted by molar-refractivity contribution is 5.40. The highest BCUT2D eigenvalue weighted by Crippen LogP contribution is 2.34. The van der Waals surface area contributed by atoms with Crippen molar-refractivity contribution in [1.82, 2.24) is 10.3 Å². The number of nitrogens with two attached hydrogens (primary N) is 1. The Kier molecular flexibility index (Phi) is 4.00. The molecule has 1 fully saturated rings. The summed E-state index contributed by atoms with van der Waals surface area (Å²) < 4.78 is 0. The zero-order chi connectivity index (χ0) is 12.3. The lowest BCUT2D eigenvalue weighted by molar-refractivity contribution is 0.446. The van der Waals surface area contributed by atoms with Gasteiger partial charge in [0, 0.05) is 12.2 Å². The first-order valence-corrected chi connectivity index (χ1v) is 6.65. The van der Waals surface area contributed by atoms with Crippen molar-refractivity contribution in [2.75, 3.05) is 12.3 Å². The van der Waals surface area contributed by atoms with Gasteiger partial charge in [-0.05, 0) is 56.2 Å². The van der Waals surface area contributed by atoms with E-state index in [4.69, 9.17) is 5.73 Å². The number of pyridine rings is 1. The number of rotatable bonds is 6. The number of aromatic nitrogens is 1. The van der Waals surface area contributed by atoms with Gasteiger partial charge in [-0.25, -0.2) is 4.98 Å². The summed E-state index contributed by atoms with van der Waals surface area (Å²) in [7, 11) is 0. The van der Waals surface area contributed by atoms with E-state index in [-0.39, 0.29) is 0 Å². The van der Waals surface area contributed by atoms with Gasteiger partial charge in [-0.1, -0.05) is 13.0 Å². The van der Waals surface area contributed by atoms with Crippen LogP contribution >= 0.6 is 0 Å². The summed E-state index contributed by atoms with van der Waals surface area (Å²) in [5.41, 5.74) is 8.31. The first kappa shape index (κ1) is 12.4. The van der Waals surface area contributed by atoms with Gasteiger partial charge in [0.1, 0.15) is 5.82 Å². The van der Waals surface area contributed by atoms with Crippen LogP contribution in [0.1, 0.15) is 37.3 Å². The van der Waals surface area contributed by atoms with Crippen LogP contribution in [0.3, 0.4) is 0 Å². The van der Waals surface area contributed by atoms with E-state index in [0.29, 0.717) is 11.9 Å². The van der Waals surface area contributed by atoms with Gasteiger partial charge in [-0.2, -0.15) is 0 Å². The second-order valence-corrected chi connectivity index (χ2v) is 5.10.